The highest BCUT2D eigenvalue weighted by atomic mass is 127. The highest BCUT2D eigenvalue weighted by Crippen LogP contribution is 2.34. The maximum absolute atomic E-state index is 12.2. The second-order valence-corrected chi connectivity index (χ2v) is 12.4. The van der Waals surface area contributed by atoms with Crippen LogP contribution in [0.15, 0.2) is 30.3 Å². The summed E-state index contributed by atoms with van der Waals surface area (Å²) in [6, 6.07) is 8.95. The molecule has 0 aliphatic heterocycles. The van der Waals surface area contributed by atoms with Gasteiger partial charge in [-0.2, -0.15) is 0 Å². The zero-order valence-corrected chi connectivity index (χ0v) is 21.2. The number of alkyl carbamates (subject to hydrolysis) is 1. The predicted octanol–water partition coefficient (Wildman–Crippen LogP) is 4.00. The summed E-state index contributed by atoms with van der Waals surface area (Å²) in [6.45, 7) is 4.97. The van der Waals surface area contributed by atoms with Crippen LogP contribution >= 0.6 is 22.6 Å². The van der Waals surface area contributed by atoms with Gasteiger partial charge in [-0.3, -0.25) is 4.78 Å². The number of benzene rings is 1. The van der Waals surface area contributed by atoms with Crippen molar-refractivity contribution in [2.75, 3.05) is 11.5 Å². The van der Waals surface area contributed by atoms with Gasteiger partial charge in [0.05, 0.1) is 5.60 Å². The van der Waals surface area contributed by atoms with E-state index in [1.165, 1.54) is 3.57 Å². The Kier molecular flexibility index (Phi) is 10.7. The van der Waals surface area contributed by atoms with E-state index in [9.17, 15) is 18.9 Å². The summed E-state index contributed by atoms with van der Waals surface area (Å²) in [5.41, 5.74) is -1.57. The first kappa shape index (κ1) is 27.6. The van der Waals surface area contributed by atoms with Crippen LogP contribution in [0.2, 0.25) is 0 Å². The van der Waals surface area contributed by atoms with Crippen molar-refractivity contribution in [1.29, 1.82) is 4.78 Å². The van der Waals surface area contributed by atoms with Crippen LogP contribution in [0.5, 0.6) is 0 Å². The molecule has 1 aliphatic carbocycles. The number of carbonyl (C=O) groups excluding carboxylic acids is 1. The fraction of sp³-hybridized carbons (Fsp3) is 0.619. The van der Waals surface area contributed by atoms with Crippen molar-refractivity contribution in [3.63, 3.8) is 0 Å². The van der Waals surface area contributed by atoms with Crippen molar-refractivity contribution in [3.05, 3.63) is 33.9 Å². The van der Waals surface area contributed by atoms with Crippen molar-refractivity contribution >= 4 is 44.4 Å². The number of carbonyl (C=O) groups is 2. The van der Waals surface area contributed by atoms with Crippen LogP contribution in [-0.4, -0.2) is 55.2 Å². The summed E-state index contributed by atoms with van der Waals surface area (Å²) in [6.07, 6.45) is 1.52. The Morgan fingerprint density at radius 2 is 1.84 bits per heavy atom. The number of aliphatic hydroxyl groups is 1. The molecule has 2 atom stereocenters. The summed E-state index contributed by atoms with van der Waals surface area (Å²) in [5.74, 6) is -1.40. The minimum Gasteiger partial charge on any atom is -0.480 e. The van der Waals surface area contributed by atoms with Gasteiger partial charge in [-0.25, -0.2) is 13.8 Å². The van der Waals surface area contributed by atoms with Crippen LogP contribution in [0.25, 0.3) is 0 Å². The number of aliphatic carboxylic acids is 1. The third-order valence-corrected chi connectivity index (χ3v) is 7.12. The first-order valence-electron chi connectivity index (χ1n) is 10.1. The quantitative estimate of drug-likeness (QED) is 0.350. The summed E-state index contributed by atoms with van der Waals surface area (Å²) >= 11 is 2.28. The lowest BCUT2D eigenvalue weighted by molar-refractivity contribution is -0.139. The first-order chi connectivity index (χ1) is 14.2. The standard InChI is InChI=1S/C15H28N2O6S.C6H5I/c1-14(2,3)23-13(20)17-11(12(18)19)5-9-24(16,22)10-8-15(21)6-4-7-15;7-6-4-2-1-3-5-6/h11,16,21H,4-10H2,1-3H3,(H,17,20)(H,18,19);1-5H. The Morgan fingerprint density at radius 3 is 2.23 bits per heavy atom. The fourth-order valence-corrected chi connectivity index (χ4v) is 4.67. The third kappa shape index (κ3) is 12.3. The lowest BCUT2D eigenvalue weighted by Gasteiger charge is -2.36. The van der Waals surface area contributed by atoms with Crippen LogP contribution in [0.4, 0.5) is 4.79 Å². The van der Waals surface area contributed by atoms with E-state index < -0.39 is 39.0 Å². The summed E-state index contributed by atoms with van der Waals surface area (Å²) in [5, 5.41) is 21.4. The molecule has 8 nitrogen and oxygen atoms in total. The molecule has 0 heterocycles. The van der Waals surface area contributed by atoms with Gasteiger partial charge in [0.25, 0.3) is 0 Å². The molecule has 1 amide bonds. The molecule has 10 heteroatoms. The molecular formula is C21H33IN2O6S. The van der Waals surface area contributed by atoms with Gasteiger partial charge in [-0.1, -0.05) is 18.2 Å². The molecule has 2 unspecified atom stereocenters. The number of halogens is 1. The number of carboxylic acids is 1. The molecule has 1 aromatic rings. The number of amides is 1. The second kappa shape index (κ2) is 12.0. The number of hydrogen-bond acceptors (Lipinski definition) is 6. The van der Waals surface area contributed by atoms with Crippen molar-refractivity contribution in [1.82, 2.24) is 5.32 Å². The Morgan fingerprint density at radius 1 is 1.26 bits per heavy atom. The van der Waals surface area contributed by atoms with Gasteiger partial charge < -0.3 is 20.3 Å². The molecule has 1 aromatic carbocycles. The monoisotopic (exact) mass is 568 g/mol. The minimum absolute atomic E-state index is 0.0300. The van der Waals surface area contributed by atoms with E-state index in [4.69, 9.17) is 14.6 Å². The number of carboxylic acid groups (broad SMARTS) is 1. The van der Waals surface area contributed by atoms with E-state index in [1.807, 2.05) is 18.2 Å². The maximum atomic E-state index is 12.2. The molecule has 0 spiro atoms. The number of hydrogen-bond donors (Lipinski definition) is 4. The van der Waals surface area contributed by atoms with Crippen molar-refractivity contribution in [2.24, 2.45) is 0 Å². The molecule has 0 bridgehead atoms. The number of ether oxygens (including phenoxy) is 1. The molecule has 2 rings (SSSR count). The van der Waals surface area contributed by atoms with Crippen molar-refractivity contribution in [3.8, 4) is 0 Å². The highest BCUT2D eigenvalue weighted by Gasteiger charge is 2.35. The zero-order valence-electron chi connectivity index (χ0n) is 18.2. The Hall–Kier alpha value is -1.40. The topological polar surface area (TPSA) is 137 Å². The van der Waals surface area contributed by atoms with E-state index in [0.29, 0.717) is 12.8 Å². The van der Waals surface area contributed by atoms with Gasteiger partial charge in [0, 0.05) is 24.8 Å². The van der Waals surface area contributed by atoms with Gasteiger partial charge >= 0.3 is 12.1 Å². The SMILES string of the molecule is CC(C)(C)OC(=O)NC(CCS(=N)(=O)CCC1(O)CCC1)C(=O)O.Ic1ccccc1. The molecule has 176 valence electrons. The Bertz CT molecular complexity index is 820. The lowest BCUT2D eigenvalue weighted by atomic mass is 9.78. The second-order valence-electron chi connectivity index (χ2n) is 8.67. The van der Waals surface area contributed by atoms with Gasteiger partial charge in [0.15, 0.2) is 0 Å². The van der Waals surface area contributed by atoms with Crippen molar-refractivity contribution < 1.29 is 28.7 Å². The van der Waals surface area contributed by atoms with Crippen LogP contribution in [0.3, 0.4) is 0 Å². The molecule has 31 heavy (non-hydrogen) atoms. The third-order valence-electron chi connectivity index (χ3n) is 4.64. The highest BCUT2D eigenvalue weighted by molar-refractivity contribution is 14.1. The molecule has 0 radical (unpaired) electrons. The predicted molar refractivity (Wildman–Crippen MR) is 129 cm³/mol. The molecule has 1 aliphatic rings. The van der Waals surface area contributed by atoms with E-state index in [-0.39, 0.29) is 24.3 Å². The zero-order chi connectivity index (χ0) is 23.7. The van der Waals surface area contributed by atoms with Crippen LogP contribution in [-0.2, 0) is 19.3 Å². The Balaban J connectivity index is 0.000000577. The molecule has 4 N–H and O–H groups in total. The lowest BCUT2D eigenvalue weighted by Crippen LogP contribution is -2.44. The molecule has 1 saturated carbocycles. The fourth-order valence-electron chi connectivity index (χ4n) is 2.72. The molecular weight excluding hydrogens is 535 g/mol. The normalized spacial score (nSPS) is 17.7. The molecule has 1 fully saturated rings. The summed E-state index contributed by atoms with van der Waals surface area (Å²) in [7, 11) is -3.01. The maximum Gasteiger partial charge on any atom is 0.408 e. The van der Waals surface area contributed by atoms with E-state index in [2.05, 4.69) is 40.0 Å². The average molecular weight is 568 g/mol. The largest absolute Gasteiger partial charge is 0.480 e. The van der Waals surface area contributed by atoms with Crippen molar-refractivity contribution in [2.45, 2.75) is 70.1 Å². The molecule has 0 saturated heterocycles. The van der Waals surface area contributed by atoms with Gasteiger partial charge in [0.1, 0.15) is 11.6 Å². The minimum atomic E-state index is -3.01. The average Bonchev–Trinajstić information content (AvgIpc) is 2.61. The smallest absolute Gasteiger partial charge is 0.408 e. The summed E-state index contributed by atoms with van der Waals surface area (Å²) in [4.78, 5) is 22.9. The summed E-state index contributed by atoms with van der Waals surface area (Å²) < 4.78 is 26.4. The van der Waals surface area contributed by atoms with E-state index in [1.54, 1.807) is 20.8 Å². The van der Waals surface area contributed by atoms with Crippen LogP contribution < -0.4 is 5.32 Å². The number of rotatable bonds is 8. The van der Waals surface area contributed by atoms with Crippen LogP contribution in [0, 0.1) is 8.35 Å². The van der Waals surface area contributed by atoms with Gasteiger partial charge in [-0.05, 0) is 87.6 Å². The first-order valence-corrected chi connectivity index (χ1v) is 13.1. The van der Waals surface area contributed by atoms with E-state index in [0.717, 1.165) is 6.42 Å². The van der Waals surface area contributed by atoms with Gasteiger partial charge in [-0.15, -0.1) is 0 Å². The van der Waals surface area contributed by atoms with E-state index >= 15 is 0 Å². The van der Waals surface area contributed by atoms with Gasteiger partial charge in [0.2, 0.25) is 0 Å². The number of nitrogens with one attached hydrogen (secondary N) is 2. The van der Waals surface area contributed by atoms with Crippen LogP contribution in [0.1, 0.15) is 52.9 Å². The Labute approximate surface area is 198 Å². The molecule has 0 aromatic heterocycles.